The molecule has 0 saturated carbocycles. The van der Waals surface area contributed by atoms with Gasteiger partial charge in [-0.2, -0.15) is 13.2 Å². The van der Waals surface area contributed by atoms with Gasteiger partial charge in [-0.05, 0) is 30.8 Å². The largest absolute Gasteiger partial charge is 0.416 e. The number of alkyl halides is 3. The fraction of sp³-hybridized carbons (Fsp3) is 0.571. The number of likely N-dealkylation sites (N-methyl/N-ethyl adjacent to an activating group) is 1. The maximum absolute atomic E-state index is 12.7. The Kier molecular flexibility index (Phi) is 6.48. The number of hydrogen-bond donors (Lipinski definition) is 1. The number of rotatable bonds is 6. The lowest BCUT2D eigenvalue weighted by molar-refractivity contribution is -0.137. The van der Waals surface area contributed by atoms with E-state index in [0.717, 1.165) is 19.2 Å². The van der Waals surface area contributed by atoms with Crippen LogP contribution in [-0.4, -0.2) is 31.1 Å². The molecule has 0 radical (unpaired) electrons. The molecule has 20 heavy (non-hydrogen) atoms. The van der Waals surface area contributed by atoms with Crippen molar-refractivity contribution >= 4 is 15.9 Å². The highest BCUT2D eigenvalue weighted by Crippen LogP contribution is 2.32. The van der Waals surface area contributed by atoms with Gasteiger partial charge in [0.15, 0.2) is 0 Å². The Morgan fingerprint density at radius 1 is 1.30 bits per heavy atom. The van der Waals surface area contributed by atoms with Gasteiger partial charge in [0.1, 0.15) is 0 Å². The van der Waals surface area contributed by atoms with Gasteiger partial charge in [0.25, 0.3) is 0 Å². The minimum atomic E-state index is -4.30. The first-order valence-electron chi connectivity index (χ1n) is 6.47. The molecule has 0 fully saturated rings. The van der Waals surface area contributed by atoms with E-state index in [1.807, 2.05) is 11.9 Å². The monoisotopic (exact) mass is 352 g/mol. The minimum absolute atomic E-state index is 0.406. The second kappa shape index (κ2) is 7.43. The lowest BCUT2D eigenvalue weighted by Crippen LogP contribution is -2.32. The van der Waals surface area contributed by atoms with Crippen molar-refractivity contribution in [3.8, 4) is 0 Å². The highest BCUT2D eigenvalue weighted by Gasteiger charge is 2.30. The smallest absolute Gasteiger partial charge is 0.313 e. The lowest BCUT2D eigenvalue weighted by Gasteiger charge is -2.19. The Bertz CT molecular complexity index is 433. The zero-order chi connectivity index (χ0) is 15.3. The molecule has 1 aromatic rings. The molecule has 0 aliphatic heterocycles. The van der Waals surface area contributed by atoms with Crippen LogP contribution in [0.1, 0.15) is 25.0 Å². The van der Waals surface area contributed by atoms with Crippen LogP contribution in [0.2, 0.25) is 0 Å². The predicted molar refractivity (Wildman–Crippen MR) is 78.6 cm³/mol. The van der Waals surface area contributed by atoms with E-state index >= 15 is 0 Å². The molecule has 0 unspecified atom stereocenters. The Hall–Kier alpha value is -0.590. The zero-order valence-corrected chi connectivity index (χ0v) is 13.5. The van der Waals surface area contributed by atoms with E-state index in [1.54, 1.807) is 0 Å². The summed E-state index contributed by atoms with van der Waals surface area (Å²) in [5.41, 5.74) is 0.0382. The van der Waals surface area contributed by atoms with Gasteiger partial charge in [0.05, 0.1) is 5.56 Å². The third-order valence-corrected chi connectivity index (χ3v) is 3.63. The third kappa shape index (κ3) is 5.81. The Labute approximate surface area is 126 Å². The van der Waals surface area contributed by atoms with Crippen LogP contribution in [0.5, 0.6) is 0 Å². The number of halogens is 4. The zero-order valence-electron chi connectivity index (χ0n) is 11.9. The van der Waals surface area contributed by atoms with Crippen LogP contribution in [-0.2, 0) is 12.7 Å². The number of nitrogens with zero attached hydrogens (tertiary/aromatic N) is 1. The molecule has 0 saturated heterocycles. The molecule has 0 atom stereocenters. The fourth-order valence-electron chi connectivity index (χ4n) is 1.79. The summed E-state index contributed by atoms with van der Waals surface area (Å²) < 4.78 is 38.8. The average molecular weight is 353 g/mol. The van der Waals surface area contributed by atoms with E-state index in [-0.39, 0.29) is 0 Å². The maximum atomic E-state index is 12.7. The van der Waals surface area contributed by atoms with Crippen molar-refractivity contribution in [2.75, 3.05) is 20.1 Å². The van der Waals surface area contributed by atoms with Gasteiger partial charge in [-0.15, -0.1) is 0 Å². The van der Waals surface area contributed by atoms with Crippen molar-refractivity contribution in [2.45, 2.75) is 32.6 Å². The molecule has 2 nitrogen and oxygen atoms in total. The van der Waals surface area contributed by atoms with Gasteiger partial charge >= 0.3 is 6.18 Å². The summed E-state index contributed by atoms with van der Waals surface area (Å²) in [5.74, 6) is 0. The van der Waals surface area contributed by atoms with E-state index in [9.17, 15) is 13.2 Å². The second-order valence-electron chi connectivity index (χ2n) is 5.15. The van der Waals surface area contributed by atoms with Crippen LogP contribution in [0.3, 0.4) is 0 Å². The topological polar surface area (TPSA) is 15.3 Å². The van der Waals surface area contributed by atoms with Crippen LogP contribution in [0.25, 0.3) is 0 Å². The molecule has 1 aromatic carbocycles. The van der Waals surface area contributed by atoms with E-state index < -0.39 is 11.7 Å². The molecule has 0 aromatic heterocycles. The summed E-state index contributed by atoms with van der Waals surface area (Å²) in [6.07, 6.45) is -4.30. The predicted octanol–water partition coefficient (Wildman–Crippen LogP) is 3.90. The Morgan fingerprint density at radius 2 is 1.95 bits per heavy atom. The summed E-state index contributed by atoms with van der Waals surface area (Å²) in [6.45, 7) is 6.18. The van der Waals surface area contributed by atoms with Crippen LogP contribution in [0.4, 0.5) is 13.2 Å². The molecule has 114 valence electrons. The SMILES string of the molecule is CC(C)NCCN(C)Cc1cc(C(F)(F)F)ccc1Br. The van der Waals surface area contributed by atoms with Crippen LogP contribution in [0, 0.1) is 0 Å². The molecule has 0 heterocycles. The van der Waals surface area contributed by atoms with Crippen molar-refractivity contribution in [1.82, 2.24) is 10.2 Å². The normalized spacial score (nSPS) is 12.4. The minimum Gasteiger partial charge on any atom is -0.313 e. The first-order chi connectivity index (χ1) is 9.20. The molecule has 0 aliphatic carbocycles. The van der Waals surface area contributed by atoms with Crippen molar-refractivity contribution in [2.24, 2.45) is 0 Å². The number of nitrogens with one attached hydrogen (secondary N) is 1. The molecule has 6 heteroatoms. The standard InChI is InChI=1S/C14H20BrF3N2/c1-10(2)19-6-7-20(3)9-11-8-12(14(16,17)18)4-5-13(11)15/h4-5,8,10,19H,6-7,9H2,1-3H3. The van der Waals surface area contributed by atoms with E-state index in [1.165, 1.54) is 12.1 Å². The number of hydrogen-bond acceptors (Lipinski definition) is 2. The average Bonchev–Trinajstić information content (AvgIpc) is 2.30. The van der Waals surface area contributed by atoms with Crippen LogP contribution < -0.4 is 5.32 Å². The first-order valence-corrected chi connectivity index (χ1v) is 7.27. The van der Waals surface area contributed by atoms with Gasteiger partial charge in [0, 0.05) is 30.1 Å². The summed E-state index contributed by atoms with van der Waals surface area (Å²) in [4.78, 5) is 2.00. The van der Waals surface area contributed by atoms with E-state index in [0.29, 0.717) is 22.6 Å². The summed E-state index contributed by atoms with van der Waals surface area (Å²) >= 11 is 3.31. The lowest BCUT2D eigenvalue weighted by atomic mass is 10.1. The second-order valence-corrected chi connectivity index (χ2v) is 6.00. The summed E-state index contributed by atoms with van der Waals surface area (Å²) in [6, 6.07) is 4.16. The third-order valence-electron chi connectivity index (χ3n) is 2.86. The number of benzene rings is 1. The molecule has 0 bridgehead atoms. The first kappa shape index (κ1) is 17.5. The van der Waals surface area contributed by atoms with Gasteiger partial charge < -0.3 is 10.2 Å². The van der Waals surface area contributed by atoms with Gasteiger partial charge in [-0.25, -0.2) is 0 Å². The van der Waals surface area contributed by atoms with E-state index in [2.05, 4.69) is 35.1 Å². The van der Waals surface area contributed by atoms with Crippen molar-refractivity contribution in [3.63, 3.8) is 0 Å². The highest BCUT2D eigenvalue weighted by molar-refractivity contribution is 9.10. The quantitative estimate of drug-likeness (QED) is 0.835. The van der Waals surface area contributed by atoms with Crippen molar-refractivity contribution < 1.29 is 13.2 Å². The van der Waals surface area contributed by atoms with Crippen molar-refractivity contribution in [1.29, 1.82) is 0 Å². The maximum Gasteiger partial charge on any atom is 0.416 e. The summed E-state index contributed by atoms with van der Waals surface area (Å²) in [5, 5.41) is 3.28. The Balaban J connectivity index is 2.67. The molecular weight excluding hydrogens is 333 g/mol. The molecule has 0 amide bonds. The molecule has 0 aliphatic rings. The molecule has 1 N–H and O–H groups in total. The van der Waals surface area contributed by atoms with Crippen molar-refractivity contribution in [3.05, 3.63) is 33.8 Å². The van der Waals surface area contributed by atoms with Crippen LogP contribution >= 0.6 is 15.9 Å². The van der Waals surface area contributed by atoms with Gasteiger partial charge in [-0.1, -0.05) is 29.8 Å². The molecular formula is C14H20BrF3N2. The van der Waals surface area contributed by atoms with E-state index in [4.69, 9.17) is 0 Å². The highest BCUT2D eigenvalue weighted by atomic mass is 79.9. The van der Waals surface area contributed by atoms with Crippen LogP contribution in [0.15, 0.2) is 22.7 Å². The summed E-state index contributed by atoms with van der Waals surface area (Å²) in [7, 11) is 1.90. The van der Waals surface area contributed by atoms with Gasteiger partial charge in [-0.3, -0.25) is 0 Å². The molecule has 0 spiro atoms. The fourth-order valence-corrected chi connectivity index (χ4v) is 2.16. The Morgan fingerprint density at radius 3 is 2.50 bits per heavy atom. The molecule has 1 rings (SSSR count). The van der Waals surface area contributed by atoms with Gasteiger partial charge in [0.2, 0.25) is 0 Å².